The van der Waals surface area contributed by atoms with Crippen LogP contribution in [0.4, 0.5) is 0 Å². The molecule has 0 heterocycles. The van der Waals surface area contributed by atoms with E-state index in [1.165, 1.54) is 25.7 Å². The number of nitrogens with one attached hydrogen (secondary N) is 1. The zero-order valence-corrected chi connectivity index (χ0v) is 11.0. The second kappa shape index (κ2) is 8.57. The Morgan fingerprint density at radius 3 is 2.31 bits per heavy atom. The molecule has 0 aliphatic rings. The number of hydrogen-bond acceptors (Lipinski definition) is 2. The summed E-state index contributed by atoms with van der Waals surface area (Å²) in [5.74, 6) is -0.711. The smallest absolute Gasteiger partial charge is 0.305 e. The standard InChI is InChI=1S/C13H27NO2/c1-4-6-7-8-9-10-13(3,14-5-2)11-12(15)16/h14H,4-11H2,1-3H3,(H,15,16). The summed E-state index contributed by atoms with van der Waals surface area (Å²) in [7, 11) is 0. The van der Waals surface area contributed by atoms with Gasteiger partial charge in [0.15, 0.2) is 0 Å². The maximum Gasteiger partial charge on any atom is 0.305 e. The number of aliphatic carboxylic acids is 1. The molecule has 3 heteroatoms. The summed E-state index contributed by atoms with van der Waals surface area (Å²) in [4.78, 5) is 10.8. The van der Waals surface area contributed by atoms with Crippen LogP contribution >= 0.6 is 0 Å². The van der Waals surface area contributed by atoms with Gasteiger partial charge in [-0.25, -0.2) is 0 Å². The van der Waals surface area contributed by atoms with E-state index in [0.717, 1.165) is 19.4 Å². The number of rotatable bonds is 10. The van der Waals surface area contributed by atoms with Gasteiger partial charge < -0.3 is 10.4 Å². The van der Waals surface area contributed by atoms with Crippen molar-refractivity contribution in [2.75, 3.05) is 6.54 Å². The summed E-state index contributed by atoms with van der Waals surface area (Å²) in [6.45, 7) is 7.08. The number of carboxylic acids is 1. The van der Waals surface area contributed by atoms with Crippen LogP contribution in [0, 0.1) is 0 Å². The third-order valence-corrected chi connectivity index (χ3v) is 2.98. The minimum atomic E-state index is -0.711. The lowest BCUT2D eigenvalue weighted by atomic mass is 9.90. The molecule has 0 spiro atoms. The van der Waals surface area contributed by atoms with Crippen molar-refractivity contribution in [3.63, 3.8) is 0 Å². The molecule has 0 rings (SSSR count). The van der Waals surface area contributed by atoms with E-state index in [1.54, 1.807) is 0 Å². The predicted octanol–water partition coefficient (Wildman–Crippen LogP) is 3.19. The molecular weight excluding hydrogens is 202 g/mol. The maximum absolute atomic E-state index is 10.8. The first-order valence-corrected chi connectivity index (χ1v) is 6.51. The normalized spacial score (nSPS) is 14.7. The van der Waals surface area contributed by atoms with E-state index in [4.69, 9.17) is 5.11 Å². The molecule has 0 aromatic heterocycles. The van der Waals surface area contributed by atoms with Crippen LogP contribution in [-0.4, -0.2) is 23.2 Å². The van der Waals surface area contributed by atoms with Gasteiger partial charge in [-0.15, -0.1) is 0 Å². The van der Waals surface area contributed by atoms with E-state index in [2.05, 4.69) is 12.2 Å². The van der Waals surface area contributed by atoms with Crippen molar-refractivity contribution in [1.29, 1.82) is 0 Å². The zero-order chi connectivity index (χ0) is 12.4. The van der Waals surface area contributed by atoms with Gasteiger partial charge in [-0.3, -0.25) is 4.79 Å². The highest BCUT2D eigenvalue weighted by molar-refractivity contribution is 5.68. The van der Waals surface area contributed by atoms with Crippen LogP contribution in [-0.2, 0) is 4.79 Å². The van der Waals surface area contributed by atoms with Crippen LogP contribution < -0.4 is 5.32 Å². The average Bonchev–Trinajstić information content (AvgIpc) is 2.16. The number of hydrogen-bond donors (Lipinski definition) is 2. The molecule has 0 fully saturated rings. The Hall–Kier alpha value is -0.570. The molecule has 0 saturated carbocycles. The van der Waals surface area contributed by atoms with Crippen LogP contribution in [0.25, 0.3) is 0 Å². The number of carboxylic acid groups (broad SMARTS) is 1. The predicted molar refractivity (Wildman–Crippen MR) is 67.7 cm³/mol. The summed E-state index contributed by atoms with van der Waals surface area (Å²) in [5, 5.41) is 12.2. The largest absolute Gasteiger partial charge is 0.481 e. The molecule has 96 valence electrons. The Morgan fingerprint density at radius 2 is 1.81 bits per heavy atom. The van der Waals surface area contributed by atoms with Gasteiger partial charge in [-0.1, -0.05) is 46.0 Å². The first-order chi connectivity index (χ1) is 7.54. The van der Waals surface area contributed by atoms with E-state index in [-0.39, 0.29) is 12.0 Å². The van der Waals surface area contributed by atoms with Crippen molar-refractivity contribution in [2.45, 2.75) is 71.3 Å². The molecule has 0 aromatic rings. The molecule has 0 aliphatic carbocycles. The molecule has 0 saturated heterocycles. The van der Waals surface area contributed by atoms with E-state index in [9.17, 15) is 4.79 Å². The Kier molecular flexibility index (Phi) is 8.26. The number of carbonyl (C=O) groups is 1. The van der Waals surface area contributed by atoms with Crippen LogP contribution in [0.15, 0.2) is 0 Å². The summed E-state index contributed by atoms with van der Waals surface area (Å²) in [5.41, 5.74) is -0.229. The molecule has 3 nitrogen and oxygen atoms in total. The monoisotopic (exact) mass is 229 g/mol. The molecule has 0 aliphatic heterocycles. The van der Waals surface area contributed by atoms with Crippen molar-refractivity contribution in [2.24, 2.45) is 0 Å². The van der Waals surface area contributed by atoms with Gasteiger partial charge in [0, 0.05) is 5.54 Å². The van der Waals surface area contributed by atoms with Crippen LogP contribution in [0.3, 0.4) is 0 Å². The minimum Gasteiger partial charge on any atom is -0.481 e. The van der Waals surface area contributed by atoms with Gasteiger partial charge in [-0.05, 0) is 19.9 Å². The van der Waals surface area contributed by atoms with Crippen molar-refractivity contribution in [1.82, 2.24) is 5.32 Å². The number of unbranched alkanes of at least 4 members (excludes halogenated alkanes) is 4. The molecule has 0 amide bonds. The fourth-order valence-electron chi connectivity index (χ4n) is 2.12. The van der Waals surface area contributed by atoms with Gasteiger partial charge in [-0.2, -0.15) is 0 Å². The fraction of sp³-hybridized carbons (Fsp3) is 0.923. The highest BCUT2D eigenvalue weighted by atomic mass is 16.4. The van der Waals surface area contributed by atoms with E-state index >= 15 is 0 Å². The first-order valence-electron chi connectivity index (χ1n) is 6.51. The molecule has 1 unspecified atom stereocenters. The van der Waals surface area contributed by atoms with Crippen molar-refractivity contribution < 1.29 is 9.90 Å². The quantitative estimate of drug-likeness (QED) is 0.566. The Balaban J connectivity index is 3.87. The molecule has 16 heavy (non-hydrogen) atoms. The minimum absolute atomic E-state index is 0.217. The van der Waals surface area contributed by atoms with Crippen LogP contribution in [0.5, 0.6) is 0 Å². The highest BCUT2D eigenvalue weighted by Gasteiger charge is 2.25. The van der Waals surface area contributed by atoms with Crippen LogP contribution in [0.2, 0.25) is 0 Å². The lowest BCUT2D eigenvalue weighted by molar-refractivity contribution is -0.138. The lowest BCUT2D eigenvalue weighted by Gasteiger charge is -2.29. The van der Waals surface area contributed by atoms with E-state index in [0.29, 0.717) is 0 Å². The molecule has 0 bridgehead atoms. The topological polar surface area (TPSA) is 49.3 Å². The molecule has 1 atom stereocenters. The van der Waals surface area contributed by atoms with Gasteiger partial charge in [0.05, 0.1) is 6.42 Å². The highest BCUT2D eigenvalue weighted by Crippen LogP contribution is 2.19. The first kappa shape index (κ1) is 15.4. The van der Waals surface area contributed by atoms with E-state index < -0.39 is 5.97 Å². The van der Waals surface area contributed by atoms with Crippen molar-refractivity contribution in [3.8, 4) is 0 Å². The molecule has 2 N–H and O–H groups in total. The summed E-state index contributed by atoms with van der Waals surface area (Å²) in [6.07, 6.45) is 7.32. The van der Waals surface area contributed by atoms with Gasteiger partial charge in [0.1, 0.15) is 0 Å². The second-order valence-electron chi connectivity index (χ2n) is 4.83. The Labute approximate surface area is 99.6 Å². The van der Waals surface area contributed by atoms with Gasteiger partial charge in [0.25, 0.3) is 0 Å². The second-order valence-corrected chi connectivity index (χ2v) is 4.83. The lowest BCUT2D eigenvalue weighted by Crippen LogP contribution is -2.44. The van der Waals surface area contributed by atoms with Crippen molar-refractivity contribution in [3.05, 3.63) is 0 Å². The molecule has 0 aromatic carbocycles. The van der Waals surface area contributed by atoms with E-state index in [1.807, 2.05) is 13.8 Å². The summed E-state index contributed by atoms with van der Waals surface area (Å²) in [6, 6.07) is 0. The molecular formula is C13H27NO2. The van der Waals surface area contributed by atoms with Crippen LogP contribution in [0.1, 0.15) is 65.7 Å². The summed E-state index contributed by atoms with van der Waals surface area (Å²) < 4.78 is 0. The third kappa shape index (κ3) is 7.69. The Bertz CT molecular complexity index is 194. The van der Waals surface area contributed by atoms with Gasteiger partial charge >= 0.3 is 5.97 Å². The van der Waals surface area contributed by atoms with Crippen molar-refractivity contribution >= 4 is 5.97 Å². The van der Waals surface area contributed by atoms with Gasteiger partial charge in [0.2, 0.25) is 0 Å². The summed E-state index contributed by atoms with van der Waals surface area (Å²) >= 11 is 0. The SMILES string of the molecule is CCCCCCCC(C)(CC(=O)O)NCC. The molecule has 0 radical (unpaired) electrons. The zero-order valence-electron chi connectivity index (χ0n) is 11.0. The fourth-order valence-corrected chi connectivity index (χ4v) is 2.12. The Morgan fingerprint density at radius 1 is 1.19 bits per heavy atom. The maximum atomic E-state index is 10.8. The third-order valence-electron chi connectivity index (χ3n) is 2.98. The average molecular weight is 229 g/mol.